The van der Waals surface area contributed by atoms with Gasteiger partial charge in [0.05, 0.1) is 11.4 Å². The van der Waals surface area contributed by atoms with Crippen LogP contribution in [0.15, 0.2) is 48.7 Å². The number of para-hydroxylation sites is 1. The van der Waals surface area contributed by atoms with Gasteiger partial charge in [-0.1, -0.05) is 30.3 Å². The summed E-state index contributed by atoms with van der Waals surface area (Å²) < 4.78 is 1.91. The number of aromatic nitrogens is 2. The number of anilines is 1. The molecule has 104 valence electrons. The molecule has 0 spiro atoms. The highest BCUT2D eigenvalue weighted by atomic mass is 16.2. The van der Waals surface area contributed by atoms with Gasteiger partial charge in [-0.15, -0.1) is 0 Å². The van der Waals surface area contributed by atoms with Crippen LogP contribution < -0.4 is 5.32 Å². The Hall–Kier alpha value is -2.62. The highest BCUT2D eigenvalue weighted by Crippen LogP contribution is 2.39. The maximum absolute atomic E-state index is 12.4. The molecule has 2 heterocycles. The molecule has 1 atom stereocenters. The van der Waals surface area contributed by atoms with Crippen molar-refractivity contribution in [1.82, 2.24) is 9.78 Å². The van der Waals surface area contributed by atoms with Gasteiger partial charge in [0.15, 0.2) is 0 Å². The lowest BCUT2D eigenvalue weighted by Crippen LogP contribution is -2.13. The lowest BCUT2D eigenvalue weighted by Gasteiger charge is -2.10. The first-order chi connectivity index (χ1) is 10.3. The molecule has 4 rings (SSSR count). The number of carbonyl (C=O) groups excluding carboxylic acids is 1. The van der Waals surface area contributed by atoms with Crippen molar-refractivity contribution in [1.29, 1.82) is 0 Å². The Morgan fingerprint density at radius 2 is 1.95 bits per heavy atom. The van der Waals surface area contributed by atoms with Gasteiger partial charge in [0.1, 0.15) is 0 Å². The Kier molecular flexibility index (Phi) is 2.57. The van der Waals surface area contributed by atoms with E-state index in [2.05, 4.69) is 17.3 Å². The zero-order valence-electron chi connectivity index (χ0n) is 11.7. The smallest absolute Gasteiger partial charge is 0.236 e. The summed E-state index contributed by atoms with van der Waals surface area (Å²) in [6.45, 7) is 2.88. The van der Waals surface area contributed by atoms with Gasteiger partial charge in [0.25, 0.3) is 0 Å². The zero-order chi connectivity index (χ0) is 14.4. The van der Waals surface area contributed by atoms with Crippen LogP contribution in [0.3, 0.4) is 0 Å². The van der Waals surface area contributed by atoms with E-state index in [9.17, 15) is 4.79 Å². The van der Waals surface area contributed by atoms with Crippen LogP contribution in [0.1, 0.15) is 24.0 Å². The summed E-state index contributed by atoms with van der Waals surface area (Å²) in [5.74, 6) is -0.215. The number of hydrogen-bond acceptors (Lipinski definition) is 2. The van der Waals surface area contributed by atoms with Crippen molar-refractivity contribution in [2.45, 2.75) is 19.4 Å². The fraction of sp³-hybridized carbons (Fsp3) is 0.176. The molecule has 1 aromatic heterocycles. The van der Waals surface area contributed by atoms with E-state index in [-0.39, 0.29) is 11.8 Å². The SMILES string of the molecule is CCn1cc2c(C3C(=O)Nc4ccccc43)cccc2n1. The topological polar surface area (TPSA) is 46.9 Å². The number of benzene rings is 2. The highest BCUT2D eigenvalue weighted by Gasteiger charge is 2.32. The van der Waals surface area contributed by atoms with Crippen molar-refractivity contribution in [3.63, 3.8) is 0 Å². The zero-order valence-corrected chi connectivity index (χ0v) is 11.7. The summed E-state index contributed by atoms with van der Waals surface area (Å²) in [5, 5.41) is 8.55. The number of nitrogens with zero attached hydrogens (tertiary/aromatic N) is 2. The summed E-state index contributed by atoms with van der Waals surface area (Å²) in [6, 6.07) is 13.9. The molecular formula is C17H15N3O. The van der Waals surface area contributed by atoms with Crippen molar-refractivity contribution in [3.05, 3.63) is 59.8 Å². The van der Waals surface area contributed by atoms with Crippen LogP contribution >= 0.6 is 0 Å². The molecule has 0 radical (unpaired) electrons. The Labute approximate surface area is 122 Å². The minimum absolute atomic E-state index is 0.0351. The monoisotopic (exact) mass is 277 g/mol. The fourth-order valence-electron chi connectivity index (χ4n) is 3.05. The van der Waals surface area contributed by atoms with Crippen LogP contribution in [-0.4, -0.2) is 15.7 Å². The largest absolute Gasteiger partial charge is 0.325 e. The molecule has 21 heavy (non-hydrogen) atoms. The fourth-order valence-corrected chi connectivity index (χ4v) is 3.05. The molecule has 4 nitrogen and oxygen atoms in total. The number of amides is 1. The van der Waals surface area contributed by atoms with Crippen molar-refractivity contribution in [2.75, 3.05) is 5.32 Å². The maximum atomic E-state index is 12.4. The van der Waals surface area contributed by atoms with E-state index in [0.29, 0.717) is 0 Å². The maximum Gasteiger partial charge on any atom is 0.236 e. The van der Waals surface area contributed by atoms with E-state index >= 15 is 0 Å². The quantitative estimate of drug-likeness (QED) is 0.782. The Balaban J connectivity index is 1.94. The highest BCUT2D eigenvalue weighted by molar-refractivity contribution is 6.07. The van der Waals surface area contributed by atoms with E-state index in [4.69, 9.17) is 0 Å². The predicted molar refractivity (Wildman–Crippen MR) is 82.3 cm³/mol. The van der Waals surface area contributed by atoms with Crippen LogP contribution in [-0.2, 0) is 11.3 Å². The second-order valence-corrected chi connectivity index (χ2v) is 5.27. The van der Waals surface area contributed by atoms with Gasteiger partial charge in [-0.25, -0.2) is 0 Å². The van der Waals surface area contributed by atoms with Crippen LogP contribution in [0.5, 0.6) is 0 Å². The molecule has 1 aliphatic rings. The molecule has 0 saturated heterocycles. The second-order valence-electron chi connectivity index (χ2n) is 5.27. The van der Waals surface area contributed by atoms with E-state index in [1.165, 1.54) is 0 Å². The lowest BCUT2D eigenvalue weighted by molar-refractivity contribution is -0.116. The molecule has 0 aliphatic carbocycles. The number of fused-ring (bicyclic) bond motifs is 2. The molecule has 3 aromatic rings. The Morgan fingerprint density at radius 3 is 2.81 bits per heavy atom. The van der Waals surface area contributed by atoms with Gasteiger partial charge in [0.2, 0.25) is 5.91 Å². The number of hydrogen-bond donors (Lipinski definition) is 1. The molecule has 1 unspecified atom stereocenters. The van der Waals surface area contributed by atoms with Crippen molar-refractivity contribution in [3.8, 4) is 0 Å². The number of rotatable bonds is 2. The van der Waals surface area contributed by atoms with Crippen molar-refractivity contribution >= 4 is 22.5 Å². The first kappa shape index (κ1) is 12.1. The summed E-state index contributed by atoms with van der Waals surface area (Å²) in [6.07, 6.45) is 2.03. The van der Waals surface area contributed by atoms with Gasteiger partial charge >= 0.3 is 0 Å². The third-order valence-electron chi connectivity index (χ3n) is 4.06. The van der Waals surface area contributed by atoms with Gasteiger partial charge in [-0.05, 0) is 30.2 Å². The van der Waals surface area contributed by atoms with Gasteiger partial charge in [0, 0.05) is 23.8 Å². The average Bonchev–Trinajstić information content (AvgIpc) is 3.06. The third kappa shape index (κ3) is 1.76. The normalized spacial score (nSPS) is 17.0. The molecule has 2 aromatic carbocycles. The minimum atomic E-state index is -0.251. The summed E-state index contributed by atoms with van der Waals surface area (Å²) in [7, 11) is 0. The standard InChI is InChI=1S/C17H15N3O/c1-2-20-10-13-11(7-5-9-15(13)19-20)16-12-6-3-4-8-14(12)18-17(16)21/h3-10,16H,2H2,1H3,(H,18,21). The third-order valence-corrected chi connectivity index (χ3v) is 4.06. The first-order valence-electron chi connectivity index (χ1n) is 7.14. The summed E-state index contributed by atoms with van der Waals surface area (Å²) in [5.41, 5.74) is 3.91. The van der Waals surface area contributed by atoms with Crippen LogP contribution in [0, 0.1) is 0 Å². The Bertz CT molecular complexity index is 850. The van der Waals surface area contributed by atoms with Gasteiger partial charge in [-0.2, -0.15) is 5.10 Å². The molecule has 1 aliphatic heterocycles. The van der Waals surface area contributed by atoms with E-state index in [0.717, 1.165) is 34.3 Å². The molecule has 0 bridgehead atoms. The number of carbonyl (C=O) groups is 1. The number of nitrogens with one attached hydrogen (secondary N) is 1. The molecule has 0 fully saturated rings. The molecule has 1 N–H and O–H groups in total. The van der Waals surface area contributed by atoms with Crippen LogP contribution in [0.25, 0.3) is 10.9 Å². The van der Waals surface area contributed by atoms with Gasteiger partial charge < -0.3 is 5.32 Å². The number of aryl methyl sites for hydroxylation is 1. The summed E-state index contributed by atoms with van der Waals surface area (Å²) >= 11 is 0. The predicted octanol–water partition coefficient (Wildman–Crippen LogP) is 3.14. The van der Waals surface area contributed by atoms with E-state index in [1.807, 2.05) is 53.3 Å². The average molecular weight is 277 g/mol. The summed E-state index contributed by atoms with van der Waals surface area (Å²) in [4.78, 5) is 12.4. The molecular weight excluding hydrogens is 262 g/mol. The van der Waals surface area contributed by atoms with E-state index in [1.54, 1.807) is 0 Å². The second kappa shape index (κ2) is 4.45. The minimum Gasteiger partial charge on any atom is -0.325 e. The Morgan fingerprint density at radius 1 is 1.14 bits per heavy atom. The van der Waals surface area contributed by atoms with Crippen LogP contribution in [0.2, 0.25) is 0 Å². The van der Waals surface area contributed by atoms with Crippen LogP contribution in [0.4, 0.5) is 5.69 Å². The van der Waals surface area contributed by atoms with E-state index < -0.39 is 0 Å². The van der Waals surface area contributed by atoms with Crippen molar-refractivity contribution in [2.24, 2.45) is 0 Å². The molecule has 0 saturated carbocycles. The van der Waals surface area contributed by atoms with Crippen molar-refractivity contribution < 1.29 is 4.79 Å². The molecule has 4 heteroatoms. The molecule has 1 amide bonds. The first-order valence-corrected chi connectivity index (χ1v) is 7.14. The lowest BCUT2D eigenvalue weighted by atomic mass is 9.90. The van der Waals surface area contributed by atoms with Gasteiger partial charge in [-0.3, -0.25) is 9.48 Å².